The molecule has 0 bridgehead atoms. The zero-order valence-corrected chi connectivity index (χ0v) is 13.9. The maximum Gasteiger partial charge on any atom is 0.321 e. The number of aromatic nitrogens is 4. The summed E-state index contributed by atoms with van der Waals surface area (Å²) in [4.78, 5) is 10.8. The van der Waals surface area contributed by atoms with Crippen LogP contribution in [0, 0.1) is 0 Å². The van der Waals surface area contributed by atoms with E-state index in [9.17, 15) is 0 Å². The number of H-pyrrole nitrogens is 1. The second kappa shape index (κ2) is 5.94. The predicted molar refractivity (Wildman–Crippen MR) is 86.5 cm³/mol. The fraction of sp³-hybridized carbons (Fsp3) is 0.562. The van der Waals surface area contributed by atoms with Gasteiger partial charge in [-0.15, -0.1) is 0 Å². The number of nitrogens with one attached hydrogen (secondary N) is 1. The number of fused-ring (bicyclic) bond motifs is 2. The highest BCUT2D eigenvalue weighted by molar-refractivity contribution is 5.44. The van der Waals surface area contributed by atoms with Crippen LogP contribution >= 0.6 is 0 Å². The van der Waals surface area contributed by atoms with E-state index >= 15 is 0 Å². The van der Waals surface area contributed by atoms with E-state index in [1.165, 1.54) is 5.56 Å². The number of ether oxygens (including phenoxy) is 3. The molecule has 2 aliphatic rings. The van der Waals surface area contributed by atoms with Gasteiger partial charge in [-0.25, -0.2) is 0 Å². The number of nitrogens with zero attached hydrogens (tertiary/aromatic N) is 4. The summed E-state index contributed by atoms with van der Waals surface area (Å²) in [6.45, 7) is 2.42. The van der Waals surface area contributed by atoms with E-state index in [0.717, 1.165) is 50.5 Å². The van der Waals surface area contributed by atoms with Crippen molar-refractivity contribution in [1.82, 2.24) is 20.2 Å². The van der Waals surface area contributed by atoms with Crippen molar-refractivity contribution in [3.63, 3.8) is 0 Å². The molecule has 2 aromatic rings. The summed E-state index contributed by atoms with van der Waals surface area (Å²) >= 11 is 0. The molecule has 0 amide bonds. The lowest BCUT2D eigenvalue weighted by atomic mass is 9.84. The third-order valence-electron chi connectivity index (χ3n) is 4.88. The molecule has 1 N–H and O–H groups in total. The van der Waals surface area contributed by atoms with Crippen LogP contribution in [0.15, 0.2) is 12.3 Å². The molecule has 2 aromatic heterocycles. The van der Waals surface area contributed by atoms with Crippen molar-refractivity contribution in [2.75, 3.05) is 38.8 Å². The second-order valence-electron chi connectivity index (χ2n) is 6.11. The van der Waals surface area contributed by atoms with Crippen molar-refractivity contribution in [3.8, 4) is 11.9 Å². The number of anilines is 1. The monoisotopic (exact) mass is 331 g/mol. The first kappa shape index (κ1) is 15.2. The topological polar surface area (TPSA) is 85.4 Å². The zero-order valence-electron chi connectivity index (χ0n) is 13.9. The van der Waals surface area contributed by atoms with Gasteiger partial charge in [0.05, 0.1) is 32.7 Å². The fourth-order valence-corrected chi connectivity index (χ4v) is 3.57. The van der Waals surface area contributed by atoms with Crippen molar-refractivity contribution >= 4 is 5.82 Å². The second-order valence-corrected chi connectivity index (χ2v) is 6.11. The standard InChI is InChI=1S/C16H21N5O3/c1-22-13-9-12(18-15(19-13)23-2)21-6-4-16(5-7-21)14-11(3-8-24-16)10-17-20-14/h9-10H,3-8H2,1-2H3,(H,17,20). The minimum Gasteiger partial charge on any atom is -0.481 e. The summed E-state index contributed by atoms with van der Waals surface area (Å²) in [6.07, 6.45) is 4.62. The van der Waals surface area contributed by atoms with Gasteiger partial charge in [0.15, 0.2) is 0 Å². The molecule has 24 heavy (non-hydrogen) atoms. The highest BCUT2D eigenvalue weighted by atomic mass is 16.5. The molecule has 2 aliphatic heterocycles. The Bertz CT molecular complexity index is 702. The van der Waals surface area contributed by atoms with Gasteiger partial charge in [-0.2, -0.15) is 15.1 Å². The van der Waals surface area contributed by atoms with Gasteiger partial charge in [0.2, 0.25) is 5.88 Å². The number of hydrogen-bond donors (Lipinski definition) is 1. The third-order valence-corrected chi connectivity index (χ3v) is 4.88. The first-order valence-electron chi connectivity index (χ1n) is 8.13. The van der Waals surface area contributed by atoms with Crippen LogP contribution in [-0.4, -0.2) is 54.1 Å². The fourth-order valence-electron chi connectivity index (χ4n) is 3.57. The van der Waals surface area contributed by atoms with E-state index in [4.69, 9.17) is 14.2 Å². The van der Waals surface area contributed by atoms with E-state index in [1.807, 2.05) is 12.3 Å². The predicted octanol–water partition coefficient (Wildman–Crippen LogP) is 1.29. The normalized spacial score (nSPS) is 19.2. The Morgan fingerprint density at radius 3 is 2.79 bits per heavy atom. The maximum atomic E-state index is 6.19. The number of aromatic amines is 1. The van der Waals surface area contributed by atoms with Crippen molar-refractivity contribution in [3.05, 3.63) is 23.5 Å². The summed E-state index contributed by atoms with van der Waals surface area (Å²) in [5.74, 6) is 1.32. The van der Waals surface area contributed by atoms with E-state index in [0.29, 0.717) is 11.9 Å². The lowest BCUT2D eigenvalue weighted by molar-refractivity contribution is -0.0796. The van der Waals surface area contributed by atoms with Crippen molar-refractivity contribution in [2.24, 2.45) is 0 Å². The summed E-state index contributed by atoms with van der Waals surface area (Å²) < 4.78 is 16.6. The van der Waals surface area contributed by atoms with Crippen LogP contribution in [0.5, 0.6) is 11.9 Å². The molecule has 8 heteroatoms. The minimum atomic E-state index is -0.248. The molecule has 1 saturated heterocycles. The zero-order chi connectivity index (χ0) is 16.6. The average molecular weight is 331 g/mol. The molecule has 0 radical (unpaired) electrons. The molecule has 0 unspecified atom stereocenters. The van der Waals surface area contributed by atoms with Gasteiger partial charge in [-0.05, 0) is 24.8 Å². The molecule has 0 atom stereocenters. The number of rotatable bonds is 3. The Morgan fingerprint density at radius 2 is 2.04 bits per heavy atom. The smallest absolute Gasteiger partial charge is 0.321 e. The Balaban J connectivity index is 1.55. The van der Waals surface area contributed by atoms with Crippen LogP contribution in [0.1, 0.15) is 24.1 Å². The lowest BCUT2D eigenvalue weighted by Gasteiger charge is -2.43. The SMILES string of the molecule is COc1cc(N2CCC3(CC2)OCCc2cn[nH]c23)nc(OC)n1. The number of methoxy groups -OCH3 is 2. The molecule has 0 aromatic carbocycles. The Hall–Kier alpha value is -2.35. The highest BCUT2D eigenvalue weighted by Crippen LogP contribution is 2.41. The van der Waals surface area contributed by atoms with Gasteiger partial charge in [-0.3, -0.25) is 5.10 Å². The quantitative estimate of drug-likeness (QED) is 0.907. The number of piperidine rings is 1. The van der Waals surface area contributed by atoms with E-state index in [1.54, 1.807) is 14.2 Å². The van der Waals surface area contributed by atoms with Gasteiger partial charge >= 0.3 is 6.01 Å². The largest absolute Gasteiger partial charge is 0.481 e. The van der Waals surface area contributed by atoms with Gasteiger partial charge in [-0.1, -0.05) is 0 Å². The average Bonchev–Trinajstić information content (AvgIpc) is 3.12. The summed E-state index contributed by atoms with van der Waals surface area (Å²) in [5, 5.41) is 7.35. The third kappa shape index (κ3) is 2.47. The minimum absolute atomic E-state index is 0.248. The molecular formula is C16H21N5O3. The van der Waals surface area contributed by atoms with E-state index in [2.05, 4.69) is 25.1 Å². The van der Waals surface area contributed by atoms with E-state index < -0.39 is 0 Å². The van der Waals surface area contributed by atoms with Gasteiger partial charge < -0.3 is 19.1 Å². The van der Waals surface area contributed by atoms with Crippen LogP contribution in [0.25, 0.3) is 0 Å². The molecular weight excluding hydrogens is 310 g/mol. The molecule has 1 fully saturated rings. The van der Waals surface area contributed by atoms with Crippen LogP contribution in [0.3, 0.4) is 0 Å². The first-order chi connectivity index (χ1) is 11.7. The maximum absolute atomic E-state index is 6.19. The summed E-state index contributed by atoms with van der Waals surface area (Å²) in [7, 11) is 3.14. The molecule has 0 aliphatic carbocycles. The summed E-state index contributed by atoms with van der Waals surface area (Å²) in [5.41, 5.74) is 2.17. The van der Waals surface area contributed by atoms with Crippen LogP contribution < -0.4 is 14.4 Å². The van der Waals surface area contributed by atoms with Crippen molar-refractivity contribution < 1.29 is 14.2 Å². The molecule has 1 spiro atoms. The lowest BCUT2D eigenvalue weighted by Crippen LogP contribution is -2.47. The van der Waals surface area contributed by atoms with E-state index in [-0.39, 0.29) is 5.60 Å². The van der Waals surface area contributed by atoms with Crippen LogP contribution in [-0.2, 0) is 16.8 Å². The molecule has 4 heterocycles. The highest BCUT2D eigenvalue weighted by Gasteiger charge is 2.42. The number of hydrogen-bond acceptors (Lipinski definition) is 7. The van der Waals surface area contributed by atoms with Crippen LogP contribution in [0.2, 0.25) is 0 Å². The molecule has 0 saturated carbocycles. The Morgan fingerprint density at radius 1 is 1.21 bits per heavy atom. The Kier molecular flexibility index (Phi) is 3.76. The van der Waals surface area contributed by atoms with Crippen molar-refractivity contribution in [2.45, 2.75) is 24.9 Å². The first-order valence-corrected chi connectivity index (χ1v) is 8.13. The molecule has 4 rings (SSSR count). The Labute approximate surface area is 140 Å². The van der Waals surface area contributed by atoms with Crippen LogP contribution in [0.4, 0.5) is 5.82 Å². The van der Waals surface area contributed by atoms with Gasteiger partial charge in [0, 0.05) is 19.2 Å². The molecule has 8 nitrogen and oxygen atoms in total. The van der Waals surface area contributed by atoms with Gasteiger partial charge in [0.1, 0.15) is 11.4 Å². The molecule has 128 valence electrons. The van der Waals surface area contributed by atoms with Gasteiger partial charge in [0.25, 0.3) is 0 Å². The van der Waals surface area contributed by atoms with Crippen molar-refractivity contribution in [1.29, 1.82) is 0 Å². The summed E-state index contributed by atoms with van der Waals surface area (Å²) in [6, 6.07) is 2.15.